The maximum Gasteiger partial charge on any atom is 0.191 e. The largest absolute Gasteiger partial charge is 0.377 e. The van der Waals surface area contributed by atoms with Crippen molar-refractivity contribution < 1.29 is 4.74 Å². The number of rotatable bonds is 4. The third kappa shape index (κ3) is 6.77. The molecule has 1 saturated carbocycles. The van der Waals surface area contributed by atoms with E-state index in [1.807, 2.05) is 0 Å². The third-order valence-corrected chi connectivity index (χ3v) is 4.82. The fourth-order valence-electron chi connectivity index (χ4n) is 3.78. The van der Waals surface area contributed by atoms with E-state index in [0.29, 0.717) is 18.1 Å². The lowest BCUT2D eigenvalue weighted by Crippen LogP contribution is -2.44. The molecule has 0 bridgehead atoms. The Balaban J connectivity index is 0.00000264. The first kappa shape index (κ1) is 21.0. The van der Waals surface area contributed by atoms with Gasteiger partial charge >= 0.3 is 0 Å². The Kier molecular flexibility index (Phi) is 9.19. The van der Waals surface area contributed by atoms with Crippen LogP contribution in [0.5, 0.6) is 0 Å². The van der Waals surface area contributed by atoms with Crippen LogP contribution in [-0.2, 0) is 4.74 Å². The number of hydrogen-bond acceptors (Lipinski definition) is 2. The molecular weight excluding hydrogens is 401 g/mol. The minimum Gasteiger partial charge on any atom is -0.377 e. The molecule has 0 aromatic carbocycles. The zero-order chi connectivity index (χ0) is 16.0. The molecule has 2 unspecified atom stereocenters. The monoisotopic (exact) mass is 437 g/mol. The molecule has 5 heteroatoms. The highest BCUT2D eigenvalue weighted by molar-refractivity contribution is 14.0. The zero-order valence-electron chi connectivity index (χ0n) is 15.4. The van der Waals surface area contributed by atoms with Crippen LogP contribution in [0.2, 0.25) is 0 Å². The van der Waals surface area contributed by atoms with Gasteiger partial charge in [0.2, 0.25) is 0 Å². The molecule has 0 spiro atoms. The lowest BCUT2D eigenvalue weighted by molar-refractivity contribution is -0.0823. The molecule has 1 heterocycles. The average Bonchev–Trinajstić information content (AvgIpc) is 2.97. The van der Waals surface area contributed by atoms with Crippen molar-refractivity contribution in [3.63, 3.8) is 0 Å². The second kappa shape index (κ2) is 10.1. The van der Waals surface area contributed by atoms with Crippen molar-refractivity contribution in [3.05, 3.63) is 0 Å². The molecule has 2 N–H and O–H groups in total. The van der Waals surface area contributed by atoms with E-state index in [1.165, 1.54) is 38.5 Å². The number of aliphatic imine (C=N–C) groups is 1. The van der Waals surface area contributed by atoms with E-state index in [9.17, 15) is 0 Å². The topological polar surface area (TPSA) is 45.7 Å². The van der Waals surface area contributed by atoms with Crippen LogP contribution in [0.25, 0.3) is 0 Å². The molecule has 1 saturated heterocycles. The third-order valence-electron chi connectivity index (χ3n) is 4.82. The Morgan fingerprint density at radius 2 is 1.83 bits per heavy atom. The predicted octanol–water partition coefficient (Wildman–Crippen LogP) is 3.94. The smallest absolute Gasteiger partial charge is 0.191 e. The number of nitrogens with one attached hydrogen (secondary N) is 2. The normalized spacial score (nSPS) is 26.7. The minimum absolute atomic E-state index is 0. The van der Waals surface area contributed by atoms with E-state index < -0.39 is 0 Å². The van der Waals surface area contributed by atoms with Crippen LogP contribution >= 0.6 is 24.0 Å². The molecule has 2 aliphatic rings. The van der Waals surface area contributed by atoms with Crippen molar-refractivity contribution in [2.75, 3.05) is 19.7 Å². The summed E-state index contributed by atoms with van der Waals surface area (Å²) >= 11 is 0. The van der Waals surface area contributed by atoms with Crippen LogP contribution in [0.15, 0.2) is 4.99 Å². The van der Waals surface area contributed by atoms with Crippen LogP contribution in [-0.4, -0.2) is 37.8 Å². The standard InChI is InChI=1S/C18H35N3O.HI/c1-5-19-17(21-15-10-6-7-11-15)20-13-14-9-8-12-22-16(14)18(2,3)4;/h14-16H,5-13H2,1-4H3,(H2,19,20,21);1H. The number of guanidine groups is 1. The van der Waals surface area contributed by atoms with Gasteiger partial charge in [-0.1, -0.05) is 33.6 Å². The minimum atomic E-state index is 0. The Hall–Kier alpha value is -0.0400. The van der Waals surface area contributed by atoms with Crippen LogP contribution in [0.4, 0.5) is 0 Å². The Bertz CT molecular complexity index is 362. The van der Waals surface area contributed by atoms with E-state index in [-0.39, 0.29) is 29.4 Å². The van der Waals surface area contributed by atoms with E-state index in [2.05, 4.69) is 38.3 Å². The molecule has 4 nitrogen and oxygen atoms in total. The van der Waals surface area contributed by atoms with Gasteiger partial charge in [-0.05, 0) is 38.0 Å². The molecule has 0 radical (unpaired) electrons. The Morgan fingerprint density at radius 1 is 1.13 bits per heavy atom. The van der Waals surface area contributed by atoms with Gasteiger partial charge in [0.05, 0.1) is 6.10 Å². The van der Waals surface area contributed by atoms with Gasteiger partial charge in [-0.2, -0.15) is 0 Å². The molecular formula is C18H36IN3O. The molecule has 2 rings (SSSR count). The number of hydrogen-bond donors (Lipinski definition) is 2. The van der Waals surface area contributed by atoms with E-state index in [4.69, 9.17) is 9.73 Å². The first-order chi connectivity index (χ1) is 10.5. The molecule has 0 amide bonds. The zero-order valence-corrected chi connectivity index (χ0v) is 17.7. The number of halogens is 1. The van der Waals surface area contributed by atoms with E-state index in [0.717, 1.165) is 25.7 Å². The summed E-state index contributed by atoms with van der Waals surface area (Å²) in [5, 5.41) is 7.01. The summed E-state index contributed by atoms with van der Waals surface area (Å²) in [5.41, 5.74) is 0.192. The summed E-state index contributed by atoms with van der Waals surface area (Å²) in [6.07, 6.45) is 7.97. The van der Waals surface area contributed by atoms with Crippen molar-refractivity contribution in [2.24, 2.45) is 16.3 Å². The Labute approximate surface area is 159 Å². The molecule has 23 heavy (non-hydrogen) atoms. The lowest BCUT2D eigenvalue weighted by atomic mass is 9.78. The molecule has 0 aromatic rings. The highest BCUT2D eigenvalue weighted by Crippen LogP contribution is 2.34. The van der Waals surface area contributed by atoms with Crippen molar-refractivity contribution in [1.82, 2.24) is 10.6 Å². The van der Waals surface area contributed by atoms with E-state index in [1.54, 1.807) is 0 Å². The van der Waals surface area contributed by atoms with Crippen molar-refractivity contribution in [3.8, 4) is 0 Å². The van der Waals surface area contributed by atoms with Gasteiger partial charge in [0.1, 0.15) is 0 Å². The maximum atomic E-state index is 6.07. The van der Waals surface area contributed by atoms with Gasteiger partial charge in [-0.15, -0.1) is 24.0 Å². The molecule has 1 aliphatic heterocycles. The lowest BCUT2D eigenvalue weighted by Gasteiger charge is -2.39. The second-order valence-corrected chi connectivity index (χ2v) is 7.91. The van der Waals surface area contributed by atoms with Crippen LogP contribution < -0.4 is 10.6 Å². The van der Waals surface area contributed by atoms with Gasteiger partial charge in [0.15, 0.2) is 5.96 Å². The summed E-state index contributed by atoms with van der Waals surface area (Å²) in [4.78, 5) is 4.88. The van der Waals surface area contributed by atoms with Crippen LogP contribution in [0, 0.1) is 11.3 Å². The second-order valence-electron chi connectivity index (χ2n) is 7.91. The van der Waals surface area contributed by atoms with Gasteiger partial charge in [0, 0.05) is 31.7 Å². The highest BCUT2D eigenvalue weighted by Gasteiger charge is 2.35. The van der Waals surface area contributed by atoms with Crippen molar-refractivity contribution >= 4 is 29.9 Å². The van der Waals surface area contributed by atoms with Gasteiger partial charge in [-0.3, -0.25) is 4.99 Å². The summed E-state index contributed by atoms with van der Waals surface area (Å²) in [6.45, 7) is 11.7. The van der Waals surface area contributed by atoms with Gasteiger partial charge in [-0.25, -0.2) is 0 Å². The first-order valence-corrected chi connectivity index (χ1v) is 9.17. The fourth-order valence-corrected chi connectivity index (χ4v) is 3.78. The van der Waals surface area contributed by atoms with E-state index >= 15 is 0 Å². The molecule has 2 fully saturated rings. The quantitative estimate of drug-likeness (QED) is 0.398. The van der Waals surface area contributed by atoms with Gasteiger partial charge in [0.25, 0.3) is 0 Å². The van der Waals surface area contributed by atoms with Crippen LogP contribution in [0.3, 0.4) is 0 Å². The summed E-state index contributed by atoms with van der Waals surface area (Å²) in [6, 6.07) is 0.610. The molecule has 136 valence electrons. The Morgan fingerprint density at radius 3 is 2.43 bits per heavy atom. The summed E-state index contributed by atoms with van der Waals surface area (Å²) in [7, 11) is 0. The molecule has 2 atom stereocenters. The van der Waals surface area contributed by atoms with Crippen LogP contribution in [0.1, 0.15) is 66.2 Å². The molecule has 0 aromatic heterocycles. The first-order valence-electron chi connectivity index (χ1n) is 9.17. The van der Waals surface area contributed by atoms with Crippen molar-refractivity contribution in [2.45, 2.75) is 78.4 Å². The highest BCUT2D eigenvalue weighted by atomic mass is 127. The fraction of sp³-hybridized carbons (Fsp3) is 0.944. The maximum absolute atomic E-state index is 6.07. The summed E-state index contributed by atoms with van der Waals surface area (Å²) < 4.78 is 6.07. The van der Waals surface area contributed by atoms with Crippen molar-refractivity contribution in [1.29, 1.82) is 0 Å². The predicted molar refractivity (Wildman–Crippen MR) is 109 cm³/mol. The van der Waals surface area contributed by atoms with Gasteiger partial charge < -0.3 is 15.4 Å². The summed E-state index contributed by atoms with van der Waals surface area (Å²) in [5.74, 6) is 1.53. The average molecular weight is 437 g/mol. The molecule has 1 aliphatic carbocycles. The number of nitrogens with zero attached hydrogens (tertiary/aromatic N) is 1. The SMILES string of the molecule is CCNC(=NCC1CCCOC1C(C)(C)C)NC1CCCC1.I. The number of ether oxygens (including phenoxy) is 1.